The summed E-state index contributed by atoms with van der Waals surface area (Å²) in [5.74, 6) is -0.0865. The predicted octanol–water partition coefficient (Wildman–Crippen LogP) is 1.84. The smallest absolute Gasteiger partial charge is 0.270 e. The van der Waals surface area contributed by atoms with Gasteiger partial charge in [0.25, 0.3) is 11.5 Å². The van der Waals surface area contributed by atoms with Crippen LogP contribution in [0.2, 0.25) is 0 Å². The number of fused-ring (bicyclic) bond motifs is 1. The molecule has 2 atom stereocenters. The summed E-state index contributed by atoms with van der Waals surface area (Å²) in [7, 11) is 0. The summed E-state index contributed by atoms with van der Waals surface area (Å²) in [6.07, 6.45) is 3.83. The number of aryl methyl sites for hydroxylation is 1. The van der Waals surface area contributed by atoms with E-state index in [0.717, 1.165) is 5.56 Å². The topological polar surface area (TPSA) is 96.8 Å². The number of aromatic nitrogens is 2. The van der Waals surface area contributed by atoms with Crippen molar-refractivity contribution in [3.8, 4) is 0 Å². The highest BCUT2D eigenvalue weighted by Gasteiger charge is 2.19. The van der Waals surface area contributed by atoms with Gasteiger partial charge in [0, 0.05) is 24.9 Å². The zero-order valence-electron chi connectivity index (χ0n) is 14.0. The Hall–Kier alpha value is -2.93. The number of nitrogens with one attached hydrogen (secondary N) is 1. The van der Waals surface area contributed by atoms with Crippen molar-refractivity contribution in [3.05, 3.63) is 70.2 Å². The van der Waals surface area contributed by atoms with Crippen molar-refractivity contribution >= 4 is 11.6 Å². The Balaban J connectivity index is 1.76. The number of amides is 1. The van der Waals surface area contributed by atoms with Crippen LogP contribution < -0.4 is 10.9 Å². The molecular formula is C18H19N3O4. The van der Waals surface area contributed by atoms with E-state index in [4.69, 9.17) is 4.42 Å². The van der Waals surface area contributed by atoms with Crippen LogP contribution in [0.4, 0.5) is 0 Å². The molecule has 3 aromatic rings. The van der Waals surface area contributed by atoms with Crippen molar-refractivity contribution in [2.24, 2.45) is 0 Å². The summed E-state index contributed by atoms with van der Waals surface area (Å²) in [6, 6.07) is 6.57. The molecule has 7 nitrogen and oxygen atoms in total. The van der Waals surface area contributed by atoms with E-state index in [1.165, 1.54) is 16.9 Å². The van der Waals surface area contributed by atoms with Gasteiger partial charge in [-0.2, -0.15) is 0 Å². The number of aliphatic hydroxyl groups excluding tert-OH is 1. The second-order valence-corrected chi connectivity index (χ2v) is 6.05. The Morgan fingerprint density at radius 3 is 2.92 bits per heavy atom. The molecule has 0 aliphatic heterocycles. The van der Waals surface area contributed by atoms with E-state index in [-0.39, 0.29) is 18.0 Å². The number of hydrogen-bond acceptors (Lipinski definition) is 5. The van der Waals surface area contributed by atoms with Gasteiger partial charge >= 0.3 is 0 Å². The molecule has 130 valence electrons. The first-order valence-corrected chi connectivity index (χ1v) is 7.96. The summed E-state index contributed by atoms with van der Waals surface area (Å²) in [4.78, 5) is 29.1. The second kappa shape index (κ2) is 6.90. The monoisotopic (exact) mass is 341 g/mol. The zero-order valence-corrected chi connectivity index (χ0v) is 14.0. The number of carbonyl (C=O) groups is 1. The molecule has 0 saturated heterocycles. The summed E-state index contributed by atoms with van der Waals surface area (Å²) in [5.41, 5.74) is 0.907. The van der Waals surface area contributed by atoms with Gasteiger partial charge in [-0.25, -0.2) is 4.98 Å². The number of aliphatic hydroxyl groups is 1. The third-order valence-corrected chi connectivity index (χ3v) is 3.92. The minimum atomic E-state index is -0.830. The Morgan fingerprint density at radius 1 is 1.40 bits per heavy atom. The van der Waals surface area contributed by atoms with Crippen molar-refractivity contribution in [3.63, 3.8) is 0 Å². The molecule has 3 rings (SSSR count). The largest absolute Gasteiger partial charge is 0.467 e. The molecule has 2 unspecified atom stereocenters. The fourth-order valence-electron chi connectivity index (χ4n) is 2.63. The van der Waals surface area contributed by atoms with Crippen LogP contribution in [0.5, 0.6) is 0 Å². The second-order valence-electron chi connectivity index (χ2n) is 6.05. The van der Waals surface area contributed by atoms with Crippen LogP contribution in [0.1, 0.15) is 41.1 Å². The van der Waals surface area contributed by atoms with E-state index >= 15 is 0 Å². The van der Waals surface area contributed by atoms with Crippen LogP contribution >= 0.6 is 0 Å². The van der Waals surface area contributed by atoms with Crippen LogP contribution in [0.15, 0.2) is 52.1 Å². The molecule has 2 N–H and O–H groups in total. The maximum Gasteiger partial charge on any atom is 0.270 e. The number of nitrogens with zero attached hydrogens (tertiary/aromatic N) is 2. The van der Waals surface area contributed by atoms with Crippen molar-refractivity contribution in [2.45, 2.75) is 32.4 Å². The Labute approximate surface area is 143 Å². The molecule has 0 aliphatic carbocycles. The minimum Gasteiger partial charge on any atom is -0.467 e. The van der Waals surface area contributed by atoms with Gasteiger partial charge < -0.3 is 14.8 Å². The van der Waals surface area contributed by atoms with E-state index in [9.17, 15) is 14.7 Å². The quantitative estimate of drug-likeness (QED) is 0.738. The molecule has 0 saturated carbocycles. The van der Waals surface area contributed by atoms with Gasteiger partial charge in [0.15, 0.2) is 0 Å². The number of pyridine rings is 1. The lowest BCUT2D eigenvalue weighted by atomic mass is 10.1. The molecule has 3 heterocycles. The molecule has 0 fully saturated rings. The third kappa shape index (κ3) is 3.61. The number of rotatable bonds is 5. The van der Waals surface area contributed by atoms with E-state index in [0.29, 0.717) is 11.4 Å². The summed E-state index contributed by atoms with van der Waals surface area (Å²) >= 11 is 0. The summed E-state index contributed by atoms with van der Waals surface area (Å²) in [6.45, 7) is 3.61. The molecule has 0 radical (unpaired) electrons. The first-order chi connectivity index (χ1) is 12.0. The van der Waals surface area contributed by atoms with E-state index in [1.807, 2.05) is 13.0 Å². The van der Waals surface area contributed by atoms with Crippen molar-refractivity contribution < 1.29 is 14.3 Å². The standard InChI is InChI=1S/C18H19N3O4/c1-11-5-6-16-19-9-13(18(24)21(16)10-11)17(23)20-12(2)8-14(22)15-4-3-7-25-15/h3-7,9-10,12,14,22H,8H2,1-2H3,(H,20,23). The summed E-state index contributed by atoms with van der Waals surface area (Å²) in [5, 5.41) is 12.8. The van der Waals surface area contributed by atoms with Crippen LogP contribution in [0.25, 0.3) is 5.65 Å². The zero-order chi connectivity index (χ0) is 18.0. The number of carbonyl (C=O) groups excluding carboxylic acids is 1. The fourth-order valence-corrected chi connectivity index (χ4v) is 2.63. The Bertz CT molecular complexity index is 947. The van der Waals surface area contributed by atoms with E-state index in [1.54, 1.807) is 31.3 Å². The third-order valence-electron chi connectivity index (χ3n) is 3.92. The van der Waals surface area contributed by atoms with Crippen LogP contribution in [-0.2, 0) is 0 Å². The maximum atomic E-state index is 12.5. The van der Waals surface area contributed by atoms with Crippen molar-refractivity contribution in [1.82, 2.24) is 14.7 Å². The molecule has 25 heavy (non-hydrogen) atoms. The SMILES string of the molecule is Cc1ccc2ncc(C(=O)NC(C)CC(O)c3ccco3)c(=O)n2c1. The lowest BCUT2D eigenvalue weighted by Gasteiger charge is -2.16. The molecule has 7 heteroatoms. The fraction of sp³-hybridized carbons (Fsp3) is 0.278. The Morgan fingerprint density at radius 2 is 2.20 bits per heavy atom. The predicted molar refractivity (Wildman–Crippen MR) is 91.4 cm³/mol. The molecule has 3 aromatic heterocycles. The highest BCUT2D eigenvalue weighted by atomic mass is 16.4. The lowest BCUT2D eigenvalue weighted by Crippen LogP contribution is -2.37. The van der Waals surface area contributed by atoms with Gasteiger partial charge in [0.1, 0.15) is 23.1 Å². The normalized spacial score (nSPS) is 13.6. The minimum absolute atomic E-state index is 0.0394. The van der Waals surface area contributed by atoms with Crippen LogP contribution in [0.3, 0.4) is 0 Å². The average Bonchev–Trinajstić information content (AvgIpc) is 3.10. The van der Waals surface area contributed by atoms with Gasteiger partial charge in [-0.1, -0.05) is 6.07 Å². The van der Waals surface area contributed by atoms with Crippen LogP contribution in [-0.4, -0.2) is 26.4 Å². The number of furan rings is 1. The molecule has 1 amide bonds. The molecule has 0 bridgehead atoms. The van der Waals surface area contributed by atoms with E-state index in [2.05, 4.69) is 10.3 Å². The van der Waals surface area contributed by atoms with Gasteiger partial charge in [0.05, 0.1) is 6.26 Å². The molecule has 0 spiro atoms. The lowest BCUT2D eigenvalue weighted by molar-refractivity contribution is 0.0901. The van der Waals surface area contributed by atoms with Crippen molar-refractivity contribution in [1.29, 1.82) is 0 Å². The highest BCUT2D eigenvalue weighted by Crippen LogP contribution is 2.18. The first kappa shape index (κ1) is 16.9. The molecule has 0 aromatic carbocycles. The van der Waals surface area contributed by atoms with Crippen molar-refractivity contribution in [2.75, 3.05) is 0 Å². The van der Waals surface area contributed by atoms with Gasteiger partial charge in [-0.3, -0.25) is 14.0 Å². The number of hydrogen-bond donors (Lipinski definition) is 2. The van der Waals surface area contributed by atoms with Gasteiger partial charge in [-0.05, 0) is 37.6 Å². The van der Waals surface area contributed by atoms with E-state index < -0.39 is 17.6 Å². The maximum absolute atomic E-state index is 12.5. The molecule has 0 aliphatic rings. The molecular weight excluding hydrogens is 322 g/mol. The average molecular weight is 341 g/mol. The summed E-state index contributed by atoms with van der Waals surface area (Å²) < 4.78 is 6.49. The van der Waals surface area contributed by atoms with Gasteiger partial charge in [-0.15, -0.1) is 0 Å². The van der Waals surface area contributed by atoms with Crippen LogP contribution in [0, 0.1) is 6.92 Å². The van der Waals surface area contributed by atoms with Gasteiger partial charge in [0.2, 0.25) is 0 Å². The highest BCUT2D eigenvalue weighted by molar-refractivity contribution is 5.93. The Kier molecular flexibility index (Phi) is 4.67. The first-order valence-electron chi connectivity index (χ1n) is 7.96.